The fourth-order valence-electron chi connectivity index (χ4n) is 2.62. The Labute approximate surface area is 128 Å². The van der Waals surface area contributed by atoms with Gasteiger partial charge in [0.05, 0.1) is 0 Å². The van der Waals surface area contributed by atoms with Crippen molar-refractivity contribution in [2.75, 3.05) is 13.2 Å². The van der Waals surface area contributed by atoms with E-state index in [-0.39, 0.29) is 24.2 Å². The highest BCUT2D eigenvalue weighted by Gasteiger charge is 2.37. The summed E-state index contributed by atoms with van der Waals surface area (Å²) in [6.45, 7) is 2.50. The normalized spacial score (nSPS) is 25.2. The summed E-state index contributed by atoms with van der Waals surface area (Å²) < 4.78 is 11.3. The molecule has 1 amide bonds. The van der Waals surface area contributed by atoms with E-state index in [4.69, 9.17) is 20.3 Å². The van der Waals surface area contributed by atoms with Gasteiger partial charge < -0.3 is 20.3 Å². The van der Waals surface area contributed by atoms with E-state index in [1.165, 1.54) is 0 Å². The van der Waals surface area contributed by atoms with Crippen molar-refractivity contribution in [3.63, 3.8) is 0 Å². The Balaban J connectivity index is 2.32. The minimum Gasteiger partial charge on any atom is -0.459 e. The highest BCUT2D eigenvalue weighted by Crippen LogP contribution is 2.39. The number of amides is 1. The van der Waals surface area contributed by atoms with Crippen molar-refractivity contribution >= 4 is 17.2 Å². The summed E-state index contributed by atoms with van der Waals surface area (Å²) in [5.74, 6) is -0.365. The van der Waals surface area contributed by atoms with E-state index < -0.39 is 12.2 Å². The second kappa shape index (κ2) is 7.59. The summed E-state index contributed by atoms with van der Waals surface area (Å²) in [7, 11) is 0. The number of primary amides is 1. The Bertz CT molecular complexity index is 486. The van der Waals surface area contributed by atoms with Gasteiger partial charge in [0.2, 0.25) is 6.29 Å². The Morgan fingerprint density at radius 1 is 1.57 bits per heavy atom. The molecule has 2 heterocycles. The number of allylic oxidation sites excluding steroid dienone is 1. The van der Waals surface area contributed by atoms with E-state index in [9.17, 15) is 4.79 Å². The minimum atomic E-state index is -0.583. The van der Waals surface area contributed by atoms with Gasteiger partial charge in [0.1, 0.15) is 0 Å². The number of hydrogen-bond acceptors (Lipinski definition) is 5. The van der Waals surface area contributed by atoms with Crippen LogP contribution in [0.1, 0.15) is 31.2 Å². The van der Waals surface area contributed by atoms with Crippen molar-refractivity contribution in [2.45, 2.75) is 32.0 Å². The van der Waals surface area contributed by atoms with E-state index in [0.717, 1.165) is 12.0 Å². The molecule has 0 saturated heterocycles. The third-order valence-corrected chi connectivity index (χ3v) is 4.28. The second-order valence-electron chi connectivity index (χ2n) is 4.95. The SMILES string of the molecule is CCO[C@@H]1OC(C(N)=O)=C[C@H](c2ccsc2)[C@@H]1CCCO. The topological polar surface area (TPSA) is 81.8 Å². The van der Waals surface area contributed by atoms with Gasteiger partial charge in [-0.05, 0) is 48.2 Å². The van der Waals surface area contributed by atoms with Crippen molar-refractivity contribution in [1.82, 2.24) is 0 Å². The van der Waals surface area contributed by atoms with E-state index in [1.54, 1.807) is 17.4 Å². The standard InChI is InChI=1S/C15H21NO4S/c1-2-19-15-11(4-3-6-17)12(10-5-7-21-9-10)8-13(20-15)14(16)18/h5,7-9,11-12,15,17H,2-4,6H2,1H3,(H2,16,18)/t11-,12+,15+/m0/s1. The number of hydrogen-bond donors (Lipinski definition) is 2. The smallest absolute Gasteiger partial charge is 0.283 e. The van der Waals surface area contributed by atoms with Crippen LogP contribution in [0.5, 0.6) is 0 Å². The zero-order valence-electron chi connectivity index (χ0n) is 12.0. The summed E-state index contributed by atoms with van der Waals surface area (Å²) >= 11 is 1.61. The van der Waals surface area contributed by atoms with Crippen LogP contribution < -0.4 is 5.73 Å². The van der Waals surface area contributed by atoms with E-state index in [0.29, 0.717) is 13.0 Å². The molecule has 1 aliphatic rings. The van der Waals surface area contributed by atoms with Crippen LogP contribution in [0.2, 0.25) is 0 Å². The van der Waals surface area contributed by atoms with E-state index in [1.807, 2.05) is 18.4 Å². The van der Waals surface area contributed by atoms with E-state index >= 15 is 0 Å². The molecule has 6 heteroatoms. The van der Waals surface area contributed by atoms with Crippen LogP contribution in [0, 0.1) is 5.92 Å². The minimum absolute atomic E-state index is 0.00981. The lowest BCUT2D eigenvalue weighted by Crippen LogP contribution is -2.37. The first-order valence-electron chi connectivity index (χ1n) is 7.10. The number of rotatable bonds is 7. The number of carbonyl (C=O) groups is 1. The van der Waals surface area contributed by atoms with Gasteiger partial charge in [-0.15, -0.1) is 0 Å². The Morgan fingerprint density at radius 3 is 2.95 bits per heavy atom. The lowest BCUT2D eigenvalue weighted by Gasteiger charge is -2.36. The Morgan fingerprint density at radius 2 is 2.38 bits per heavy atom. The Hall–Kier alpha value is -1.37. The molecule has 0 saturated carbocycles. The number of aliphatic hydroxyl groups excluding tert-OH is 1. The summed E-state index contributed by atoms with van der Waals surface area (Å²) in [5, 5.41) is 13.2. The maximum absolute atomic E-state index is 11.5. The van der Waals surface area contributed by atoms with Gasteiger partial charge in [0.25, 0.3) is 5.91 Å². The summed E-state index contributed by atoms with van der Waals surface area (Å²) in [4.78, 5) is 11.5. The molecule has 0 unspecified atom stereocenters. The van der Waals surface area contributed by atoms with Gasteiger partial charge in [-0.25, -0.2) is 0 Å². The van der Waals surface area contributed by atoms with Crippen molar-refractivity contribution in [1.29, 1.82) is 0 Å². The molecule has 116 valence electrons. The molecule has 3 N–H and O–H groups in total. The number of nitrogens with two attached hydrogens (primary N) is 1. The average Bonchev–Trinajstić information content (AvgIpc) is 2.99. The van der Waals surface area contributed by atoms with Crippen LogP contribution in [0.4, 0.5) is 0 Å². The first-order valence-corrected chi connectivity index (χ1v) is 8.04. The molecule has 1 aromatic heterocycles. The highest BCUT2D eigenvalue weighted by atomic mass is 32.1. The first kappa shape index (κ1) is 16.0. The molecule has 0 fully saturated rings. The first-order chi connectivity index (χ1) is 10.2. The monoisotopic (exact) mass is 311 g/mol. The van der Waals surface area contributed by atoms with Crippen molar-refractivity contribution in [3.05, 3.63) is 34.2 Å². The maximum Gasteiger partial charge on any atom is 0.283 e. The highest BCUT2D eigenvalue weighted by molar-refractivity contribution is 7.08. The van der Waals surface area contributed by atoms with Gasteiger partial charge in [-0.1, -0.05) is 0 Å². The van der Waals surface area contributed by atoms with Crippen LogP contribution in [0.25, 0.3) is 0 Å². The van der Waals surface area contributed by atoms with Gasteiger partial charge >= 0.3 is 0 Å². The van der Waals surface area contributed by atoms with E-state index in [2.05, 4.69) is 5.38 Å². The fourth-order valence-corrected chi connectivity index (χ4v) is 3.33. The third kappa shape index (κ3) is 3.84. The molecule has 21 heavy (non-hydrogen) atoms. The molecule has 1 aromatic rings. The summed E-state index contributed by atoms with van der Waals surface area (Å²) in [6, 6.07) is 2.03. The van der Waals surface area contributed by atoms with Crippen molar-refractivity contribution < 1.29 is 19.4 Å². The molecule has 0 aromatic carbocycles. The van der Waals surface area contributed by atoms with Crippen LogP contribution in [0.15, 0.2) is 28.7 Å². The lowest BCUT2D eigenvalue weighted by atomic mass is 9.81. The molecule has 1 aliphatic heterocycles. The molecule has 0 aliphatic carbocycles. The number of ether oxygens (including phenoxy) is 2. The maximum atomic E-state index is 11.5. The zero-order chi connectivity index (χ0) is 15.2. The Kier molecular flexibility index (Phi) is 5.78. The lowest BCUT2D eigenvalue weighted by molar-refractivity contribution is -0.165. The molecule has 0 bridgehead atoms. The largest absolute Gasteiger partial charge is 0.459 e. The quantitative estimate of drug-likeness (QED) is 0.807. The van der Waals surface area contributed by atoms with Crippen molar-refractivity contribution in [2.24, 2.45) is 11.7 Å². The van der Waals surface area contributed by atoms with Crippen molar-refractivity contribution in [3.8, 4) is 0 Å². The number of aliphatic hydroxyl groups is 1. The second-order valence-corrected chi connectivity index (χ2v) is 5.73. The predicted octanol–water partition coefficient (Wildman–Crippen LogP) is 1.98. The molecule has 0 radical (unpaired) electrons. The molecule has 0 spiro atoms. The molecule has 2 rings (SSSR count). The predicted molar refractivity (Wildman–Crippen MR) is 80.6 cm³/mol. The molecular formula is C15H21NO4S. The van der Waals surface area contributed by atoms with Gasteiger partial charge in [0.15, 0.2) is 5.76 Å². The average molecular weight is 311 g/mol. The zero-order valence-corrected chi connectivity index (χ0v) is 12.8. The summed E-state index contributed by atoms with van der Waals surface area (Å²) in [6.07, 6.45) is 2.68. The number of carbonyl (C=O) groups excluding carboxylic acids is 1. The van der Waals surface area contributed by atoms with Gasteiger partial charge in [-0.3, -0.25) is 4.79 Å². The van der Waals surface area contributed by atoms with Crippen LogP contribution in [-0.2, 0) is 14.3 Å². The molecule has 5 nitrogen and oxygen atoms in total. The van der Waals surface area contributed by atoms with Gasteiger partial charge in [-0.2, -0.15) is 11.3 Å². The summed E-state index contributed by atoms with van der Waals surface area (Å²) in [5.41, 5.74) is 6.48. The third-order valence-electron chi connectivity index (χ3n) is 3.58. The number of thiophene rings is 1. The van der Waals surface area contributed by atoms with Gasteiger partial charge in [0, 0.05) is 25.0 Å². The fraction of sp³-hybridized carbons (Fsp3) is 0.533. The molecular weight excluding hydrogens is 290 g/mol. The molecule has 3 atom stereocenters. The van der Waals surface area contributed by atoms with Crippen LogP contribution >= 0.6 is 11.3 Å². The van der Waals surface area contributed by atoms with Crippen LogP contribution in [-0.4, -0.2) is 30.5 Å². The van der Waals surface area contributed by atoms with Crippen LogP contribution in [0.3, 0.4) is 0 Å².